The molecule has 112 valence electrons. The molecule has 0 spiro atoms. The Hall–Kier alpha value is -2.96. The summed E-state index contributed by atoms with van der Waals surface area (Å²) in [7, 11) is 1.80. The number of rotatable bonds is 4. The Kier molecular flexibility index (Phi) is 3.69. The summed E-state index contributed by atoms with van der Waals surface area (Å²) >= 11 is 0. The lowest BCUT2D eigenvalue weighted by molar-refractivity contribution is 0.0473. The van der Waals surface area contributed by atoms with E-state index in [1.807, 2.05) is 0 Å². The van der Waals surface area contributed by atoms with Gasteiger partial charge in [-0.05, 0) is 12.1 Å². The van der Waals surface area contributed by atoms with Gasteiger partial charge in [0, 0.05) is 25.7 Å². The average Bonchev–Trinajstić information content (AvgIpc) is 3.13. The summed E-state index contributed by atoms with van der Waals surface area (Å²) in [5, 5.41) is 11.8. The van der Waals surface area contributed by atoms with Crippen LogP contribution in [0, 0.1) is 6.92 Å². The number of nitrogens with zero attached hydrogens (tertiary/aromatic N) is 4. The van der Waals surface area contributed by atoms with Gasteiger partial charge in [0.05, 0.1) is 17.3 Å². The molecule has 2 aromatic heterocycles. The molecule has 0 N–H and O–H groups in total. The number of carbonyl (C=O) groups is 1. The number of esters is 1. The highest BCUT2D eigenvalue weighted by molar-refractivity contribution is 5.96. The Balaban J connectivity index is 1.80. The normalized spacial score (nSPS) is 10.6. The maximum absolute atomic E-state index is 12.3. The number of ether oxygens (including phenoxy) is 1. The fraction of sp³-hybridized carbons (Fsp3) is 0.200. The zero-order valence-electron chi connectivity index (χ0n) is 12.2. The minimum absolute atomic E-state index is 0.157. The summed E-state index contributed by atoms with van der Waals surface area (Å²) < 4.78 is 12.3. The van der Waals surface area contributed by atoms with Crippen LogP contribution < -0.4 is 0 Å². The number of aromatic nitrogens is 4. The summed E-state index contributed by atoms with van der Waals surface area (Å²) in [6, 6.07) is 6.97. The molecule has 0 atom stereocenters. The number of aryl methyl sites for hydroxylation is 2. The second kappa shape index (κ2) is 5.80. The van der Waals surface area contributed by atoms with Crippen LogP contribution in [0.5, 0.6) is 0 Å². The van der Waals surface area contributed by atoms with Crippen molar-refractivity contribution in [3.63, 3.8) is 0 Å². The standard InChI is InChI=1S/C15H14N4O3/c1-10-17-18-14(22-10)12-5-3-4-6-13(12)15(20)21-9-11-7-16-19(2)8-11/h3-8H,9H2,1-2H3. The molecule has 7 nitrogen and oxygen atoms in total. The molecule has 0 saturated heterocycles. The van der Waals surface area contributed by atoms with Crippen molar-refractivity contribution < 1.29 is 13.9 Å². The zero-order valence-corrected chi connectivity index (χ0v) is 12.2. The number of hydrogen-bond acceptors (Lipinski definition) is 6. The third-order valence-corrected chi connectivity index (χ3v) is 3.03. The Morgan fingerprint density at radius 2 is 2.14 bits per heavy atom. The fourth-order valence-electron chi connectivity index (χ4n) is 2.03. The molecule has 0 unspecified atom stereocenters. The third-order valence-electron chi connectivity index (χ3n) is 3.03. The molecular weight excluding hydrogens is 284 g/mol. The maximum Gasteiger partial charge on any atom is 0.339 e. The van der Waals surface area contributed by atoms with Crippen LogP contribution in [0.4, 0.5) is 0 Å². The number of carbonyl (C=O) groups excluding carboxylic acids is 1. The third kappa shape index (κ3) is 2.88. The van der Waals surface area contributed by atoms with Crippen molar-refractivity contribution in [2.75, 3.05) is 0 Å². The summed E-state index contributed by atoms with van der Waals surface area (Å²) in [4.78, 5) is 12.3. The smallest absolute Gasteiger partial charge is 0.339 e. The van der Waals surface area contributed by atoms with E-state index in [2.05, 4.69) is 15.3 Å². The lowest BCUT2D eigenvalue weighted by Gasteiger charge is -2.06. The van der Waals surface area contributed by atoms with Gasteiger partial charge in [0.15, 0.2) is 0 Å². The predicted octanol–water partition coefficient (Wildman–Crippen LogP) is 2.14. The van der Waals surface area contributed by atoms with Gasteiger partial charge >= 0.3 is 5.97 Å². The summed E-state index contributed by atoms with van der Waals surface area (Å²) in [6.07, 6.45) is 3.45. The Morgan fingerprint density at radius 3 is 2.82 bits per heavy atom. The molecule has 22 heavy (non-hydrogen) atoms. The van der Waals surface area contributed by atoms with Gasteiger partial charge in [-0.2, -0.15) is 5.10 Å². The van der Waals surface area contributed by atoms with E-state index in [0.717, 1.165) is 5.56 Å². The Bertz CT molecular complexity index is 806. The lowest BCUT2D eigenvalue weighted by atomic mass is 10.1. The van der Waals surface area contributed by atoms with Gasteiger partial charge in [-0.25, -0.2) is 4.79 Å². The van der Waals surface area contributed by atoms with Gasteiger partial charge in [-0.1, -0.05) is 12.1 Å². The predicted molar refractivity (Wildman–Crippen MR) is 76.8 cm³/mol. The van der Waals surface area contributed by atoms with Gasteiger partial charge in [0.2, 0.25) is 11.8 Å². The highest BCUT2D eigenvalue weighted by atomic mass is 16.5. The second-order valence-electron chi connectivity index (χ2n) is 4.77. The van der Waals surface area contributed by atoms with Gasteiger partial charge < -0.3 is 9.15 Å². The van der Waals surface area contributed by atoms with Gasteiger partial charge in [-0.3, -0.25) is 4.68 Å². The Morgan fingerprint density at radius 1 is 1.32 bits per heavy atom. The highest BCUT2D eigenvalue weighted by Gasteiger charge is 2.17. The number of benzene rings is 1. The molecule has 2 heterocycles. The summed E-state index contributed by atoms with van der Waals surface area (Å²) in [6.45, 7) is 1.85. The molecular formula is C15H14N4O3. The molecule has 0 bridgehead atoms. The molecule has 3 aromatic rings. The second-order valence-corrected chi connectivity index (χ2v) is 4.77. The van der Waals surface area contributed by atoms with Crippen LogP contribution >= 0.6 is 0 Å². The monoisotopic (exact) mass is 298 g/mol. The molecule has 7 heteroatoms. The minimum atomic E-state index is -0.449. The molecule has 0 fully saturated rings. The van der Waals surface area contributed by atoms with E-state index in [-0.39, 0.29) is 6.61 Å². The van der Waals surface area contributed by atoms with E-state index in [1.165, 1.54) is 0 Å². The van der Waals surface area contributed by atoms with Crippen LogP contribution in [-0.2, 0) is 18.4 Å². The minimum Gasteiger partial charge on any atom is -0.457 e. The van der Waals surface area contributed by atoms with E-state index >= 15 is 0 Å². The van der Waals surface area contributed by atoms with Gasteiger partial charge in [0.25, 0.3) is 0 Å². The van der Waals surface area contributed by atoms with Crippen molar-refractivity contribution >= 4 is 5.97 Å². The van der Waals surface area contributed by atoms with Crippen molar-refractivity contribution in [3.8, 4) is 11.5 Å². The van der Waals surface area contributed by atoms with Crippen molar-refractivity contribution in [3.05, 3.63) is 53.7 Å². The van der Waals surface area contributed by atoms with E-state index in [1.54, 1.807) is 55.3 Å². The molecule has 0 amide bonds. The van der Waals surface area contributed by atoms with E-state index < -0.39 is 5.97 Å². The van der Waals surface area contributed by atoms with E-state index in [0.29, 0.717) is 22.9 Å². The summed E-state index contributed by atoms with van der Waals surface area (Å²) in [5.41, 5.74) is 1.76. The molecule has 0 saturated carbocycles. The first-order chi connectivity index (χ1) is 10.6. The molecule has 0 aliphatic heterocycles. The van der Waals surface area contributed by atoms with Crippen molar-refractivity contribution in [2.24, 2.45) is 7.05 Å². The quantitative estimate of drug-likeness (QED) is 0.686. The summed E-state index contributed by atoms with van der Waals surface area (Å²) in [5.74, 6) is 0.287. The molecule has 0 aliphatic rings. The van der Waals surface area contributed by atoms with Crippen LogP contribution in [0.3, 0.4) is 0 Å². The first-order valence-corrected chi connectivity index (χ1v) is 6.67. The van der Waals surface area contributed by atoms with Gasteiger partial charge in [-0.15, -0.1) is 10.2 Å². The molecule has 0 radical (unpaired) electrons. The SMILES string of the molecule is Cc1nnc(-c2ccccc2C(=O)OCc2cnn(C)c2)o1. The average molecular weight is 298 g/mol. The van der Waals surface area contributed by atoms with Crippen LogP contribution in [-0.4, -0.2) is 25.9 Å². The van der Waals surface area contributed by atoms with E-state index in [4.69, 9.17) is 9.15 Å². The first kappa shape index (κ1) is 14.0. The Labute approximate surface area is 126 Å². The van der Waals surface area contributed by atoms with Crippen LogP contribution in [0.15, 0.2) is 41.1 Å². The fourth-order valence-corrected chi connectivity index (χ4v) is 2.03. The van der Waals surface area contributed by atoms with Crippen LogP contribution in [0.2, 0.25) is 0 Å². The van der Waals surface area contributed by atoms with Crippen molar-refractivity contribution in [2.45, 2.75) is 13.5 Å². The topological polar surface area (TPSA) is 83.0 Å². The maximum atomic E-state index is 12.3. The van der Waals surface area contributed by atoms with E-state index in [9.17, 15) is 4.79 Å². The zero-order chi connectivity index (χ0) is 15.5. The van der Waals surface area contributed by atoms with Crippen LogP contribution in [0.1, 0.15) is 21.8 Å². The van der Waals surface area contributed by atoms with Crippen molar-refractivity contribution in [1.29, 1.82) is 0 Å². The van der Waals surface area contributed by atoms with Crippen LogP contribution in [0.25, 0.3) is 11.5 Å². The van der Waals surface area contributed by atoms with Gasteiger partial charge in [0.1, 0.15) is 6.61 Å². The highest BCUT2D eigenvalue weighted by Crippen LogP contribution is 2.23. The molecule has 1 aromatic carbocycles. The lowest BCUT2D eigenvalue weighted by Crippen LogP contribution is -2.06. The van der Waals surface area contributed by atoms with Crippen molar-refractivity contribution in [1.82, 2.24) is 20.0 Å². The molecule has 0 aliphatic carbocycles. The first-order valence-electron chi connectivity index (χ1n) is 6.67. The number of hydrogen-bond donors (Lipinski definition) is 0. The molecule has 3 rings (SSSR count). The largest absolute Gasteiger partial charge is 0.457 e.